The van der Waals surface area contributed by atoms with E-state index < -0.39 is 5.67 Å². The molecule has 3 rings (SSSR count). The standard InChI is InChI=1S/C13H13FN2O3/c1-13(2,14)9-4-11-10(17-6-18-11)3-7(9)8-5-16-19-12(8)15/h3-5H,6,15H2,1-2H3. The minimum absolute atomic E-state index is 0.129. The van der Waals surface area contributed by atoms with E-state index in [0.717, 1.165) is 0 Å². The second-order valence-electron chi connectivity index (χ2n) is 4.83. The fourth-order valence-corrected chi connectivity index (χ4v) is 2.11. The van der Waals surface area contributed by atoms with Crippen molar-refractivity contribution in [3.05, 3.63) is 23.9 Å². The first-order valence-electron chi connectivity index (χ1n) is 5.80. The van der Waals surface area contributed by atoms with E-state index >= 15 is 0 Å². The Morgan fingerprint density at radius 3 is 2.47 bits per heavy atom. The van der Waals surface area contributed by atoms with Crippen LogP contribution in [0.3, 0.4) is 0 Å². The van der Waals surface area contributed by atoms with Crippen LogP contribution in [-0.4, -0.2) is 11.9 Å². The molecule has 2 aromatic rings. The number of hydrogen-bond acceptors (Lipinski definition) is 5. The lowest BCUT2D eigenvalue weighted by Crippen LogP contribution is -2.11. The van der Waals surface area contributed by atoms with E-state index in [2.05, 4.69) is 5.16 Å². The maximum absolute atomic E-state index is 14.4. The van der Waals surface area contributed by atoms with E-state index in [1.54, 1.807) is 12.1 Å². The van der Waals surface area contributed by atoms with Gasteiger partial charge in [-0.3, -0.25) is 0 Å². The van der Waals surface area contributed by atoms with Crippen LogP contribution >= 0.6 is 0 Å². The van der Waals surface area contributed by atoms with Crippen molar-refractivity contribution in [2.24, 2.45) is 0 Å². The van der Waals surface area contributed by atoms with Gasteiger partial charge < -0.3 is 19.7 Å². The van der Waals surface area contributed by atoms with Crippen molar-refractivity contribution in [3.8, 4) is 22.6 Å². The number of anilines is 1. The normalized spacial score (nSPS) is 13.8. The number of hydrogen-bond donors (Lipinski definition) is 1. The monoisotopic (exact) mass is 264 g/mol. The maximum Gasteiger partial charge on any atom is 0.231 e. The van der Waals surface area contributed by atoms with Gasteiger partial charge in [-0.1, -0.05) is 5.16 Å². The summed E-state index contributed by atoms with van der Waals surface area (Å²) in [5.41, 5.74) is 5.74. The molecule has 1 aromatic carbocycles. The van der Waals surface area contributed by atoms with Gasteiger partial charge in [-0.05, 0) is 31.5 Å². The highest BCUT2D eigenvalue weighted by Crippen LogP contribution is 2.44. The third-order valence-electron chi connectivity index (χ3n) is 3.04. The van der Waals surface area contributed by atoms with Gasteiger partial charge in [0.2, 0.25) is 12.7 Å². The molecule has 0 fully saturated rings. The zero-order valence-electron chi connectivity index (χ0n) is 10.6. The Hall–Kier alpha value is -2.24. The van der Waals surface area contributed by atoms with Crippen LogP contribution in [0.15, 0.2) is 22.9 Å². The summed E-state index contributed by atoms with van der Waals surface area (Å²) < 4.78 is 29.8. The molecule has 5 nitrogen and oxygen atoms in total. The Morgan fingerprint density at radius 1 is 1.21 bits per heavy atom. The smallest absolute Gasteiger partial charge is 0.231 e. The van der Waals surface area contributed by atoms with Gasteiger partial charge in [0.15, 0.2) is 11.5 Å². The van der Waals surface area contributed by atoms with Gasteiger partial charge in [0.25, 0.3) is 0 Å². The van der Waals surface area contributed by atoms with Gasteiger partial charge in [0, 0.05) is 5.56 Å². The highest BCUT2D eigenvalue weighted by Gasteiger charge is 2.29. The summed E-state index contributed by atoms with van der Waals surface area (Å²) >= 11 is 0. The van der Waals surface area contributed by atoms with E-state index in [1.165, 1.54) is 20.0 Å². The summed E-state index contributed by atoms with van der Waals surface area (Å²) in [6.45, 7) is 3.07. The second-order valence-corrected chi connectivity index (χ2v) is 4.83. The minimum atomic E-state index is -1.56. The average Bonchev–Trinajstić information content (AvgIpc) is 2.93. The fraction of sp³-hybridized carbons (Fsp3) is 0.308. The molecule has 2 heterocycles. The summed E-state index contributed by atoms with van der Waals surface area (Å²) in [7, 11) is 0. The van der Waals surface area contributed by atoms with E-state index in [9.17, 15) is 4.39 Å². The number of fused-ring (bicyclic) bond motifs is 1. The summed E-state index contributed by atoms with van der Waals surface area (Å²) in [6, 6.07) is 3.33. The SMILES string of the molecule is CC(C)(F)c1cc2c(cc1-c1cnoc1N)OCO2. The van der Waals surface area contributed by atoms with E-state index in [4.69, 9.17) is 19.7 Å². The first kappa shape index (κ1) is 11.8. The van der Waals surface area contributed by atoms with Gasteiger partial charge in [0.1, 0.15) is 5.67 Å². The fourth-order valence-electron chi connectivity index (χ4n) is 2.11. The minimum Gasteiger partial charge on any atom is -0.454 e. The lowest BCUT2D eigenvalue weighted by atomic mass is 9.91. The summed E-state index contributed by atoms with van der Waals surface area (Å²) in [6.07, 6.45) is 1.46. The van der Waals surface area contributed by atoms with Crippen LogP contribution in [0.4, 0.5) is 10.3 Å². The highest BCUT2D eigenvalue weighted by atomic mass is 19.1. The average molecular weight is 264 g/mol. The molecule has 0 bridgehead atoms. The van der Waals surface area contributed by atoms with Crippen molar-refractivity contribution in [3.63, 3.8) is 0 Å². The molecule has 0 saturated heterocycles. The second kappa shape index (κ2) is 3.88. The number of nitrogens with zero attached hydrogens (tertiary/aromatic N) is 1. The van der Waals surface area contributed by atoms with Crippen LogP contribution in [0.2, 0.25) is 0 Å². The highest BCUT2D eigenvalue weighted by molar-refractivity contribution is 5.78. The van der Waals surface area contributed by atoms with Crippen molar-refractivity contribution in [1.29, 1.82) is 0 Å². The number of benzene rings is 1. The van der Waals surface area contributed by atoms with Crippen molar-refractivity contribution in [1.82, 2.24) is 5.16 Å². The molecule has 0 saturated carbocycles. The van der Waals surface area contributed by atoms with Crippen LogP contribution in [0.1, 0.15) is 19.4 Å². The van der Waals surface area contributed by atoms with Gasteiger partial charge in [0.05, 0.1) is 11.8 Å². The number of nitrogen functional groups attached to an aromatic ring is 1. The Labute approximate surface area is 109 Å². The number of nitrogens with two attached hydrogens (primary N) is 1. The lowest BCUT2D eigenvalue weighted by Gasteiger charge is -2.19. The zero-order chi connectivity index (χ0) is 13.6. The van der Waals surface area contributed by atoms with Crippen LogP contribution in [0.25, 0.3) is 11.1 Å². The largest absolute Gasteiger partial charge is 0.454 e. The van der Waals surface area contributed by atoms with Crippen molar-refractivity contribution in [2.45, 2.75) is 19.5 Å². The number of aromatic nitrogens is 1. The topological polar surface area (TPSA) is 70.5 Å². The molecule has 1 aliphatic heterocycles. The van der Waals surface area contributed by atoms with Gasteiger partial charge in [-0.15, -0.1) is 0 Å². The van der Waals surface area contributed by atoms with Crippen molar-refractivity contribution >= 4 is 5.88 Å². The predicted octanol–water partition coefficient (Wildman–Crippen LogP) is 2.86. The van der Waals surface area contributed by atoms with Crippen LogP contribution < -0.4 is 15.2 Å². The maximum atomic E-state index is 14.4. The molecule has 0 aliphatic carbocycles. The van der Waals surface area contributed by atoms with E-state index in [0.29, 0.717) is 28.2 Å². The van der Waals surface area contributed by atoms with Gasteiger partial charge >= 0.3 is 0 Å². The molecule has 1 aliphatic rings. The number of rotatable bonds is 2. The number of halogens is 1. The molecular formula is C13H13FN2O3. The van der Waals surface area contributed by atoms with Gasteiger partial charge in [-0.2, -0.15) is 0 Å². The quantitative estimate of drug-likeness (QED) is 0.903. The van der Waals surface area contributed by atoms with Crippen molar-refractivity contribution < 1.29 is 18.4 Å². The molecule has 0 radical (unpaired) electrons. The molecule has 0 unspecified atom stereocenters. The molecule has 19 heavy (non-hydrogen) atoms. The van der Waals surface area contributed by atoms with Crippen LogP contribution in [0, 0.1) is 0 Å². The first-order chi connectivity index (χ1) is 8.97. The summed E-state index contributed by atoms with van der Waals surface area (Å²) in [5.74, 6) is 1.23. The van der Waals surface area contributed by atoms with Crippen LogP contribution in [0.5, 0.6) is 11.5 Å². The molecular weight excluding hydrogens is 251 g/mol. The third kappa shape index (κ3) is 1.89. The molecule has 100 valence electrons. The molecule has 0 spiro atoms. The number of alkyl halides is 1. The Balaban J connectivity index is 2.25. The Morgan fingerprint density at radius 2 is 1.89 bits per heavy atom. The van der Waals surface area contributed by atoms with E-state index in [-0.39, 0.29) is 12.7 Å². The predicted molar refractivity (Wildman–Crippen MR) is 66.6 cm³/mol. The molecule has 0 atom stereocenters. The lowest BCUT2D eigenvalue weighted by molar-refractivity contribution is 0.173. The molecule has 0 amide bonds. The molecule has 1 aromatic heterocycles. The first-order valence-corrected chi connectivity index (χ1v) is 5.80. The number of ether oxygens (including phenoxy) is 2. The Kier molecular flexibility index (Phi) is 2.41. The summed E-state index contributed by atoms with van der Waals surface area (Å²) in [5, 5.41) is 3.62. The Bertz CT molecular complexity index is 631. The third-order valence-corrected chi connectivity index (χ3v) is 3.04. The molecule has 6 heteroatoms. The summed E-state index contributed by atoms with van der Waals surface area (Å²) in [4.78, 5) is 0. The van der Waals surface area contributed by atoms with Crippen LogP contribution in [-0.2, 0) is 5.67 Å². The van der Waals surface area contributed by atoms with E-state index in [1.807, 2.05) is 0 Å². The zero-order valence-corrected chi connectivity index (χ0v) is 10.6. The van der Waals surface area contributed by atoms with Crippen molar-refractivity contribution in [2.75, 3.05) is 12.5 Å². The molecule has 2 N–H and O–H groups in total. The van der Waals surface area contributed by atoms with Gasteiger partial charge in [-0.25, -0.2) is 4.39 Å².